The van der Waals surface area contributed by atoms with Gasteiger partial charge in [0.2, 0.25) is 0 Å². The highest BCUT2D eigenvalue weighted by molar-refractivity contribution is 6.30. The Kier molecular flexibility index (Phi) is 39.0. The SMILES string of the molecule is [C-]#[N+]C(c1ccc(C)cc1)C(O)CC#C.[C-]#[N+]C(c1ccc(OC)cc1)C(O)CC#C.[C-]#[N+]C(c1cccc(C#N)c1)C(O)CC#C.[C-]#[N+]C(c1cccc(C)c1)C(O)CC#C.[C-]#[N+]C(c1cccc(Cl)c1)C(O)CC#C.[C-]#[N+]C(c1cccc([N+](=O)[O-])c1)C(O)CC#C. The first kappa shape index (κ1) is 80.4. The van der Waals surface area contributed by atoms with Crippen LogP contribution in [0.2, 0.25) is 5.02 Å². The summed E-state index contributed by atoms with van der Waals surface area (Å²) in [5, 5.41) is 78.0. The minimum atomic E-state index is -1.01. The molecule has 474 valence electrons. The summed E-state index contributed by atoms with van der Waals surface area (Å²) >= 11 is 5.80. The van der Waals surface area contributed by atoms with Crippen LogP contribution in [-0.4, -0.2) is 79.3 Å². The summed E-state index contributed by atoms with van der Waals surface area (Å²) in [6, 6.07) is 39.5. The van der Waals surface area contributed by atoms with Gasteiger partial charge in [-0.1, -0.05) is 102 Å². The van der Waals surface area contributed by atoms with Gasteiger partial charge in [-0.2, -0.15) is 5.26 Å². The number of nitrogens with zero attached hydrogens (tertiary/aromatic N) is 8. The van der Waals surface area contributed by atoms with E-state index in [-0.39, 0.29) is 44.2 Å². The minimum absolute atomic E-state index is 0.0374. The molecule has 0 aliphatic carbocycles. The molecule has 0 saturated heterocycles. The number of aliphatic hydroxyl groups is 6. The van der Waals surface area contributed by atoms with Crippen molar-refractivity contribution in [1.29, 1.82) is 5.26 Å². The monoisotopic (exact) mass is 1270 g/mol. The van der Waals surface area contributed by atoms with E-state index in [0.29, 0.717) is 27.3 Å². The third-order valence-electron chi connectivity index (χ3n) is 13.2. The number of ether oxygens (including phenoxy) is 1. The molecule has 6 aromatic carbocycles. The van der Waals surface area contributed by atoms with Crippen LogP contribution in [0.25, 0.3) is 29.1 Å². The van der Waals surface area contributed by atoms with Crippen molar-refractivity contribution < 1.29 is 40.3 Å². The number of halogens is 1. The van der Waals surface area contributed by atoms with Crippen molar-refractivity contribution in [2.24, 2.45) is 0 Å². The minimum Gasteiger partial charge on any atom is -0.497 e. The maximum Gasteiger partial charge on any atom is 0.275 e. The highest BCUT2D eigenvalue weighted by atomic mass is 35.5. The number of nitro groups is 1. The summed E-state index contributed by atoms with van der Waals surface area (Å²) in [6.45, 7) is 46.2. The second kappa shape index (κ2) is 45.6. The van der Waals surface area contributed by atoms with Gasteiger partial charge >= 0.3 is 0 Å². The van der Waals surface area contributed by atoms with E-state index in [0.717, 1.165) is 33.6 Å². The Morgan fingerprint density at radius 3 is 1.07 bits per heavy atom. The third kappa shape index (κ3) is 28.0. The van der Waals surface area contributed by atoms with Gasteiger partial charge in [0, 0.05) is 89.1 Å². The molecule has 0 heterocycles. The molecule has 6 aromatic rings. The lowest BCUT2D eigenvalue weighted by Gasteiger charge is -2.11. The van der Waals surface area contributed by atoms with Crippen molar-refractivity contribution in [3.63, 3.8) is 0 Å². The smallest absolute Gasteiger partial charge is 0.275 e. The highest BCUT2D eigenvalue weighted by Gasteiger charge is 2.30. The van der Waals surface area contributed by atoms with Crippen molar-refractivity contribution in [3.05, 3.63) is 279 Å². The molecule has 0 fully saturated rings. The van der Waals surface area contributed by atoms with E-state index in [1.54, 1.807) is 86.0 Å². The van der Waals surface area contributed by atoms with E-state index in [1.807, 2.05) is 68.4 Å². The molecule has 0 saturated carbocycles. The Hall–Kier alpha value is -11.6. The van der Waals surface area contributed by atoms with Crippen molar-refractivity contribution >= 4 is 17.3 Å². The molecule has 94 heavy (non-hydrogen) atoms. The maximum absolute atomic E-state index is 10.6. The molecule has 0 bridgehead atoms. The fourth-order valence-electron chi connectivity index (χ4n) is 8.41. The molecule has 0 radical (unpaired) electrons. The van der Waals surface area contributed by atoms with Gasteiger partial charge in [0.25, 0.3) is 41.9 Å². The highest BCUT2D eigenvalue weighted by Crippen LogP contribution is 2.30. The van der Waals surface area contributed by atoms with Crippen molar-refractivity contribution in [3.8, 4) is 85.9 Å². The van der Waals surface area contributed by atoms with Gasteiger partial charge in [0.1, 0.15) is 42.4 Å². The summed E-state index contributed by atoms with van der Waals surface area (Å²) in [7, 11) is 1.58. The van der Waals surface area contributed by atoms with E-state index in [9.17, 15) is 40.8 Å². The van der Waals surface area contributed by atoms with Crippen LogP contribution in [0.3, 0.4) is 0 Å². The zero-order valence-corrected chi connectivity index (χ0v) is 52.6. The normalized spacial score (nSPS) is 13.3. The summed E-state index contributed by atoms with van der Waals surface area (Å²) in [4.78, 5) is 30.2. The van der Waals surface area contributed by atoms with E-state index < -0.39 is 77.8 Å². The fraction of sp³-hybridized carbons (Fsp3) is 0.276. The van der Waals surface area contributed by atoms with Crippen LogP contribution in [0.4, 0.5) is 5.69 Å². The Labute approximate surface area is 557 Å². The molecule has 12 atom stereocenters. The van der Waals surface area contributed by atoms with Gasteiger partial charge < -0.3 is 64.4 Å². The number of nitro benzene ring substituents is 1. The number of hydrogen-bond acceptors (Lipinski definition) is 10. The van der Waals surface area contributed by atoms with Crippen LogP contribution in [0.1, 0.15) is 125 Å². The largest absolute Gasteiger partial charge is 0.497 e. The lowest BCUT2D eigenvalue weighted by molar-refractivity contribution is -0.384. The van der Waals surface area contributed by atoms with Crippen LogP contribution in [0.15, 0.2) is 146 Å². The molecule has 0 aliphatic rings. The number of rotatable bonds is 20. The Morgan fingerprint density at radius 2 is 0.755 bits per heavy atom. The number of terminal acetylenes is 6. The number of hydrogen-bond donors (Lipinski definition) is 6. The molecule has 0 spiro atoms. The molecular formula is C76H69ClN8O9. The summed E-state index contributed by atoms with van der Waals surface area (Å²) < 4.78 is 5.02. The van der Waals surface area contributed by atoms with Crippen LogP contribution in [0, 0.1) is 149 Å². The van der Waals surface area contributed by atoms with Gasteiger partial charge in [-0.25, -0.2) is 39.4 Å². The maximum atomic E-state index is 10.6. The van der Waals surface area contributed by atoms with Gasteiger partial charge in [-0.05, 0) is 68.4 Å². The van der Waals surface area contributed by atoms with Gasteiger partial charge in [-0.3, -0.25) is 10.1 Å². The van der Waals surface area contributed by atoms with Gasteiger partial charge in [0.15, 0.2) is 0 Å². The molecule has 12 unspecified atom stereocenters. The van der Waals surface area contributed by atoms with Crippen molar-refractivity contribution in [2.75, 3.05) is 7.11 Å². The Balaban J connectivity index is 0.000000564. The van der Waals surface area contributed by atoms with E-state index in [1.165, 1.54) is 18.2 Å². The van der Waals surface area contributed by atoms with Crippen LogP contribution in [0.5, 0.6) is 5.75 Å². The molecule has 6 rings (SSSR count). The van der Waals surface area contributed by atoms with E-state index >= 15 is 0 Å². The first-order valence-electron chi connectivity index (χ1n) is 28.3. The van der Waals surface area contributed by atoms with E-state index in [4.69, 9.17) is 99.6 Å². The first-order valence-corrected chi connectivity index (χ1v) is 28.6. The lowest BCUT2D eigenvalue weighted by Crippen LogP contribution is -2.15. The molecular weight excluding hydrogens is 1200 g/mol. The molecule has 18 heteroatoms. The summed E-state index contributed by atoms with van der Waals surface area (Å²) in [6.07, 6.45) is 26.4. The molecule has 0 aromatic heterocycles. The number of aliphatic hydroxyl groups excluding tert-OH is 6. The second-order valence-electron chi connectivity index (χ2n) is 20.0. The number of methoxy groups -OCH3 is 1. The van der Waals surface area contributed by atoms with Gasteiger partial charge in [0.05, 0.1) is 23.7 Å². The van der Waals surface area contributed by atoms with E-state index in [2.05, 4.69) is 64.6 Å². The van der Waals surface area contributed by atoms with Crippen molar-refractivity contribution in [2.45, 2.75) is 125 Å². The third-order valence-corrected chi connectivity index (χ3v) is 13.4. The first-order chi connectivity index (χ1) is 45.1. The fourth-order valence-corrected chi connectivity index (χ4v) is 8.61. The summed E-state index contributed by atoms with van der Waals surface area (Å²) in [5.41, 5.74) is 6.68. The summed E-state index contributed by atoms with van der Waals surface area (Å²) in [5.74, 6) is 14.7. The van der Waals surface area contributed by atoms with Crippen LogP contribution < -0.4 is 4.74 Å². The van der Waals surface area contributed by atoms with Crippen LogP contribution >= 0.6 is 11.6 Å². The Bertz CT molecular complexity index is 3870. The average Bonchev–Trinajstić information content (AvgIpc) is 1.45. The number of aryl methyl sites for hydroxylation is 2. The molecule has 0 amide bonds. The zero-order chi connectivity index (χ0) is 70.5. The predicted octanol–water partition coefficient (Wildman–Crippen LogP) is 13.2. The molecule has 17 nitrogen and oxygen atoms in total. The topological polar surface area (TPSA) is 224 Å². The predicted molar refractivity (Wildman–Crippen MR) is 364 cm³/mol. The van der Waals surface area contributed by atoms with Crippen LogP contribution in [-0.2, 0) is 0 Å². The van der Waals surface area contributed by atoms with Gasteiger partial charge in [-0.15, -0.1) is 74.1 Å². The zero-order valence-electron chi connectivity index (χ0n) is 51.9. The Morgan fingerprint density at radius 1 is 0.447 bits per heavy atom. The number of non-ortho nitro benzene ring substituents is 1. The molecule has 0 aliphatic heterocycles. The number of nitriles is 1. The standard InChI is InChI=1S/C13H10N2O.C13H13NO2.2C13H13NO.C12H10ClNO.C12H10N2O3/c1-3-5-12(16)13(15-2)11-7-4-6-10(8-11)9-14;1-4-5-12(15)13(14-2)10-6-8-11(16-3)9-7-10;1-4-6-12(15)13(14-3)11-8-5-7-10(2)9-11;1-4-5-12(15)13(14-3)11-8-6-10(2)7-9-11;1-3-5-11(15)12(14-2)9-6-4-7-10(13)8-9;1-3-5-11(15)12(13-2)9-6-4-7-10(8-9)14(16)17/h1,4,6-8,12-13,16H,5H2;1,6-9,12-13,15H,5H2,3H3;1,5,7-9,12-13,15H,6H2,2H3;1,6-9,12-13,15H,5H2,2H3;1,4,6-8,11-12,15H,5H2;1,4,6-8,11-12,15H,5H2. The molecule has 6 N–H and O–H groups in total. The lowest BCUT2D eigenvalue weighted by atomic mass is 9.98. The quantitative estimate of drug-likeness (QED) is 0.0184. The number of benzene rings is 6. The van der Waals surface area contributed by atoms with Crippen molar-refractivity contribution in [1.82, 2.24) is 0 Å². The second-order valence-corrected chi connectivity index (χ2v) is 20.5. The average molecular weight is 1270 g/mol.